The number of pyridine rings is 1. The second-order valence-electron chi connectivity index (χ2n) is 6.80. The molecule has 1 aliphatic rings. The summed E-state index contributed by atoms with van der Waals surface area (Å²) >= 11 is 0. The molecule has 7 nitrogen and oxygen atoms in total. The van der Waals surface area contributed by atoms with Crippen molar-refractivity contribution in [1.29, 1.82) is 0 Å². The molecule has 0 unspecified atom stereocenters. The van der Waals surface area contributed by atoms with Crippen molar-refractivity contribution < 1.29 is 14.3 Å². The van der Waals surface area contributed by atoms with Gasteiger partial charge in [-0.25, -0.2) is 9.78 Å². The number of amides is 2. The summed E-state index contributed by atoms with van der Waals surface area (Å²) in [5.74, 6) is 0.573. The molecule has 3 rings (SSSR count). The first kappa shape index (κ1) is 19.7. The van der Waals surface area contributed by atoms with Crippen LogP contribution in [0.2, 0.25) is 0 Å². The van der Waals surface area contributed by atoms with Crippen molar-refractivity contribution in [3.8, 4) is 0 Å². The van der Waals surface area contributed by atoms with Gasteiger partial charge in [0.1, 0.15) is 5.82 Å². The number of anilines is 2. The molecule has 7 heteroatoms. The van der Waals surface area contributed by atoms with Crippen LogP contribution in [0.4, 0.5) is 16.3 Å². The number of aromatic nitrogens is 1. The summed E-state index contributed by atoms with van der Waals surface area (Å²) in [6, 6.07) is 9.43. The molecule has 148 valence electrons. The smallest absolute Gasteiger partial charge is 0.409 e. The molecule has 1 fully saturated rings. The molecule has 1 aromatic heterocycles. The van der Waals surface area contributed by atoms with Crippen LogP contribution >= 0.6 is 0 Å². The molecule has 2 heterocycles. The maximum atomic E-state index is 12.7. The molecule has 0 atom stereocenters. The zero-order chi connectivity index (χ0) is 20.1. The Kier molecular flexibility index (Phi) is 6.13. The maximum Gasteiger partial charge on any atom is 0.409 e. The average molecular weight is 382 g/mol. The molecule has 28 heavy (non-hydrogen) atoms. The number of hydrogen-bond acceptors (Lipinski definition) is 5. The van der Waals surface area contributed by atoms with Gasteiger partial charge < -0.3 is 19.9 Å². The van der Waals surface area contributed by atoms with Crippen LogP contribution in [0.1, 0.15) is 28.4 Å². The fourth-order valence-electron chi connectivity index (χ4n) is 3.26. The Morgan fingerprint density at radius 2 is 1.79 bits per heavy atom. The van der Waals surface area contributed by atoms with Crippen LogP contribution in [0.5, 0.6) is 0 Å². The van der Waals surface area contributed by atoms with Crippen molar-refractivity contribution >= 4 is 23.5 Å². The summed E-state index contributed by atoms with van der Waals surface area (Å²) in [7, 11) is 0. The highest BCUT2D eigenvalue weighted by atomic mass is 16.6. The topological polar surface area (TPSA) is 74.8 Å². The van der Waals surface area contributed by atoms with E-state index >= 15 is 0 Å². The fourth-order valence-corrected chi connectivity index (χ4v) is 3.26. The highest BCUT2D eigenvalue weighted by Gasteiger charge is 2.23. The zero-order valence-corrected chi connectivity index (χ0v) is 16.6. The van der Waals surface area contributed by atoms with Crippen molar-refractivity contribution in [1.82, 2.24) is 9.88 Å². The van der Waals surface area contributed by atoms with E-state index in [0.717, 1.165) is 22.6 Å². The van der Waals surface area contributed by atoms with Crippen LogP contribution in [0, 0.1) is 13.8 Å². The third kappa shape index (κ3) is 4.42. The number of aryl methyl sites for hydroxylation is 2. The number of carbonyl (C=O) groups excluding carboxylic acids is 2. The number of hydrogen-bond donors (Lipinski definition) is 1. The largest absolute Gasteiger partial charge is 0.450 e. The van der Waals surface area contributed by atoms with E-state index in [9.17, 15) is 9.59 Å². The molecular weight excluding hydrogens is 356 g/mol. The molecule has 1 aromatic carbocycles. The second kappa shape index (κ2) is 8.73. The predicted octanol–water partition coefficient (Wildman–Crippen LogP) is 3.23. The quantitative estimate of drug-likeness (QED) is 0.879. The number of nitrogens with zero attached hydrogens (tertiary/aromatic N) is 3. The lowest BCUT2D eigenvalue weighted by Crippen LogP contribution is -2.49. The standard InChI is InChI=1S/C21H26N4O3/c1-4-28-21(27)25-12-10-24(11-13-25)18-14-17(8-9-22-18)20(26)23-19-15(2)6-5-7-16(19)3/h5-9,14H,4,10-13H2,1-3H3,(H,23,26). The van der Waals surface area contributed by atoms with Gasteiger partial charge in [0.25, 0.3) is 5.91 Å². The molecule has 0 spiro atoms. The molecule has 2 aromatic rings. The molecule has 0 bridgehead atoms. The van der Waals surface area contributed by atoms with E-state index in [1.54, 1.807) is 30.2 Å². The minimum Gasteiger partial charge on any atom is -0.450 e. The molecule has 0 radical (unpaired) electrons. The van der Waals surface area contributed by atoms with Gasteiger partial charge in [-0.3, -0.25) is 4.79 Å². The summed E-state index contributed by atoms with van der Waals surface area (Å²) in [5, 5.41) is 3.01. The summed E-state index contributed by atoms with van der Waals surface area (Å²) in [4.78, 5) is 32.7. The Morgan fingerprint density at radius 1 is 1.11 bits per heavy atom. The van der Waals surface area contributed by atoms with Gasteiger partial charge in [-0.1, -0.05) is 18.2 Å². The van der Waals surface area contributed by atoms with Gasteiger partial charge >= 0.3 is 6.09 Å². The van der Waals surface area contributed by atoms with E-state index in [-0.39, 0.29) is 12.0 Å². The number of rotatable bonds is 4. The Bertz CT molecular complexity index is 840. The lowest BCUT2D eigenvalue weighted by molar-refractivity contribution is 0.102. The van der Waals surface area contributed by atoms with Crippen LogP contribution in [0.3, 0.4) is 0 Å². The maximum absolute atomic E-state index is 12.7. The van der Waals surface area contributed by atoms with E-state index in [4.69, 9.17) is 4.74 Å². The van der Waals surface area contributed by atoms with Crippen molar-refractivity contribution in [3.63, 3.8) is 0 Å². The normalized spacial score (nSPS) is 14.0. The Morgan fingerprint density at radius 3 is 2.43 bits per heavy atom. The Hall–Kier alpha value is -3.09. The van der Waals surface area contributed by atoms with Crippen LogP contribution in [0.15, 0.2) is 36.5 Å². The Labute approximate surface area is 165 Å². The van der Waals surface area contributed by atoms with Crippen molar-refractivity contribution in [2.24, 2.45) is 0 Å². The molecule has 0 aliphatic carbocycles. The third-order valence-corrected chi connectivity index (χ3v) is 4.86. The molecule has 1 aliphatic heterocycles. The van der Waals surface area contributed by atoms with Crippen molar-refractivity contribution in [3.05, 3.63) is 53.2 Å². The van der Waals surface area contributed by atoms with Gasteiger partial charge in [-0.15, -0.1) is 0 Å². The highest BCUT2D eigenvalue weighted by Crippen LogP contribution is 2.21. The zero-order valence-electron chi connectivity index (χ0n) is 16.6. The van der Waals surface area contributed by atoms with E-state index in [2.05, 4.69) is 15.2 Å². The lowest BCUT2D eigenvalue weighted by Gasteiger charge is -2.34. The van der Waals surface area contributed by atoms with Gasteiger partial charge in [-0.05, 0) is 44.0 Å². The van der Waals surface area contributed by atoms with E-state index in [0.29, 0.717) is 38.3 Å². The molecule has 2 amide bonds. The van der Waals surface area contributed by atoms with Crippen molar-refractivity contribution in [2.75, 3.05) is 43.0 Å². The van der Waals surface area contributed by atoms with Gasteiger partial charge in [0, 0.05) is 43.6 Å². The van der Waals surface area contributed by atoms with Gasteiger partial charge in [-0.2, -0.15) is 0 Å². The summed E-state index contributed by atoms with van der Waals surface area (Å²) in [6.07, 6.45) is 1.36. The molecule has 1 N–H and O–H groups in total. The second-order valence-corrected chi connectivity index (χ2v) is 6.80. The van der Waals surface area contributed by atoms with Crippen LogP contribution in [-0.2, 0) is 4.74 Å². The number of ether oxygens (including phenoxy) is 1. The van der Waals surface area contributed by atoms with Gasteiger partial charge in [0.05, 0.1) is 6.61 Å². The fraction of sp³-hybridized carbons (Fsp3) is 0.381. The van der Waals surface area contributed by atoms with Crippen LogP contribution in [-0.4, -0.2) is 54.7 Å². The predicted molar refractivity (Wildman–Crippen MR) is 109 cm³/mol. The molecule has 1 saturated heterocycles. The van der Waals surface area contributed by atoms with E-state index in [1.807, 2.05) is 32.0 Å². The van der Waals surface area contributed by atoms with E-state index in [1.165, 1.54) is 0 Å². The van der Waals surface area contributed by atoms with E-state index < -0.39 is 0 Å². The number of para-hydroxylation sites is 1. The average Bonchev–Trinajstić information content (AvgIpc) is 2.71. The summed E-state index contributed by atoms with van der Waals surface area (Å²) in [6.45, 7) is 8.55. The number of carbonyl (C=O) groups is 2. The highest BCUT2D eigenvalue weighted by molar-refractivity contribution is 6.05. The molecule has 0 saturated carbocycles. The first-order chi connectivity index (χ1) is 13.5. The van der Waals surface area contributed by atoms with Crippen LogP contribution in [0.25, 0.3) is 0 Å². The minimum absolute atomic E-state index is 0.161. The van der Waals surface area contributed by atoms with Gasteiger partial charge in [0.2, 0.25) is 0 Å². The summed E-state index contributed by atoms with van der Waals surface area (Å²) in [5.41, 5.74) is 3.45. The SMILES string of the molecule is CCOC(=O)N1CCN(c2cc(C(=O)Nc3c(C)cccc3C)ccn2)CC1. The van der Waals surface area contributed by atoms with Crippen molar-refractivity contribution in [2.45, 2.75) is 20.8 Å². The first-order valence-corrected chi connectivity index (χ1v) is 9.50. The molecular formula is C21H26N4O3. The van der Waals surface area contributed by atoms with Crippen LogP contribution < -0.4 is 10.2 Å². The summed E-state index contributed by atoms with van der Waals surface area (Å²) < 4.78 is 5.05. The minimum atomic E-state index is -0.281. The lowest BCUT2D eigenvalue weighted by atomic mass is 10.1. The Balaban J connectivity index is 1.68. The number of benzene rings is 1. The number of piperazine rings is 1. The third-order valence-electron chi connectivity index (χ3n) is 4.86. The monoisotopic (exact) mass is 382 g/mol. The van der Waals surface area contributed by atoms with Gasteiger partial charge in [0.15, 0.2) is 0 Å². The first-order valence-electron chi connectivity index (χ1n) is 9.50. The number of nitrogens with one attached hydrogen (secondary N) is 1.